The van der Waals surface area contributed by atoms with Gasteiger partial charge in [0, 0.05) is 5.56 Å². The van der Waals surface area contributed by atoms with Crippen molar-refractivity contribution in [3.05, 3.63) is 57.8 Å². The number of hydrogen-bond donors (Lipinski definition) is 1. The predicted octanol–water partition coefficient (Wildman–Crippen LogP) is 2.80. The van der Waals surface area contributed by atoms with Crippen molar-refractivity contribution in [2.45, 2.75) is 6.92 Å². The zero-order valence-corrected chi connectivity index (χ0v) is 11.8. The molecule has 0 saturated carbocycles. The summed E-state index contributed by atoms with van der Waals surface area (Å²) < 4.78 is 10.1. The molecule has 2 aromatic heterocycles. The SMILES string of the molecule is Cc1cccc(-c2nnc(NC(=O)c3ccc([N+](=O)[O-])o3)o2)c1. The number of nitro groups is 1. The third kappa shape index (κ3) is 3.07. The Labute approximate surface area is 129 Å². The van der Waals surface area contributed by atoms with Crippen LogP contribution in [0.5, 0.6) is 0 Å². The van der Waals surface area contributed by atoms with E-state index in [2.05, 4.69) is 15.5 Å². The smallest absolute Gasteiger partial charge is 0.403 e. The number of carbonyl (C=O) groups is 1. The molecule has 0 aliphatic heterocycles. The largest absolute Gasteiger partial charge is 0.433 e. The van der Waals surface area contributed by atoms with E-state index in [1.807, 2.05) is 25.1 Å². The molecule has 3 aromatic rings. The predicted molar refractivity (Wildman–Crippen MR) is 77.8 cm³/mol. The summed E-state index contributed by atoms with van der Waals surface area (Å²) in [6.07, 6.45) is 0. The molecule has 0 spiro atoms. The molecule has 1 N–H and O–H groups in total. The van der Waals surface area contributed by atoms with E-state index in [0.717, 1.165) is 11.6 Å². The van der Waals surface area contributed by atoms with Crippen molar-refractivity contribution in [2.24, 2.45) is 0 Å². The third-order valence-electron chi connectivity index (χ3n) is 2.91. The molecule has 1 amide bonds. The van der Waals surface area contributed by atoms with Crippen LogP contribution in [0.4, 0.5) is 11.9 Å². The van der Waals surface area contributed by atoms with Gasteiger partial charge in [0.1, 0.15) is 4.92 Å². The lowest BCUT2D eigenvalue weighted by Crippen LogP contribution is -2.11. The summed E-state index contributed by atoms with van der Waals surface area (Å²) in [4.78, 5) is 21.7. The van der Waals surface area contributed by atoms with Crippen LogP contribution in [0.15, 0.2) is 45.2 Å². The van der Waals surface area contributed by atoms with Gasteiger partial charge in [0.2, 0.25) is 5.89 Å². The van der Waals surface area contributed by atoms with E-state index < -0.39 is 16.7 Å². The second kappa shape index (κ2) is 5.72. The average molecular weight is 314 g/mol. The van der Waals surface area contributed by atoms with Crippen LogP contribution in [0, 0.1) is 17.0 Å². The fraction of sp³-hybridized carbons (Fsp3) is 0.0714. The van der Waals surface area contributed by atoms with Gasteiger partial charge in [0.05, 0.1) is 6.07 Å². The molecule has 1 aromatic carbocycles. The minimum atomic E-state index is -0.737. The van der Waals surface area contributed by atoms with E-state index in [1.54, 1.807) is 6.07 Å². The molecule has 116 valence electrons. The van der Waals surface area contributed by atoms with E-state index in [0.29, 0.717) is 5.56 Å². The van der Waals surface area contributed by atoms with Crippen molar-refractivity contribution in [1.29, 1.82) is 0 Å². The molecule has 0 fully saturated rings. The summed E-state index contributed by atoms with van der Waals surface area (Å²) in [6.45, 7) is 1.92. The van der Waals surface area contributed by atoms with Crippen LogP contribution in [0.25, 0.3) is 11.5 Å². The van der Waals surface area contributed by atoms with Gasteiger partial charge in [-0.1, -0.05) is 22.8 Å². The van der Waals surface area contributed by atoms with E-state index in [9.17, 15) is 14.9 Å². The molecule has 2 heterocycles. The number of benzene rings is 1. The molecule has 0 atom stereocenters. The summed E-state index contributed by atoms with van der Waals surface area (Å²) in [6, 6.07) is 9.55. The van der Waals surface area contributed by atoms with Gasteiger partial charge in [-0.05, 0) is 25.1 Å². The molecule has 0 unspecified atom stereocenters. The lowest BCUT2D eigenvalue weighted by atomic mass is 10.1. The number of carbonyl (C=O) groups excluding carboxylic acids is 1. The van der Waals surface area contributed by atoms with Crippen LogP contribution in [0.3, 0.4) is 0 Å². The Kier molecular flexibility index (Phi) is 3.59. The van der Waals surface area contributed by atoms with E-state index in [-0.39, 0.29) is 17.7 Å². The Morgan fingerprint density at radius 1 is 1.22 bits per heavy atom. The molecule has 0 aliphatic carbocycles. The van der Waals surface area contributed by atoms with Gasteiger partial charge in [-0.2, -0.15) is 0 Å². The van der Waals surface area contributed by atoms with Crippen molar-refractivity contribution in [2.75, 3.05) is 5.32 Å². The van der Waals surface area contributed by atoms with Crippen LogP contribution in [0.2, 0.25) is 0 Å². The first-order chi connectivity index (χ1) is 11.0. The second-order valence-corrected chi connectivity index (χ2v) is 4.63. The summed E-state index contributed by atoms with van der Waals surface area (Å²) >= 11 is 0. The molecule has 3 rings (SSSR count). The highest BCUT2D eigenvalue weighted by Crippen LogP contribution is 2.21. The molecule has 0 bridgehead atoms. The number of anilines is 1. The Hall–Kier alpha value is -3.49. The maximum Gasteiger partial charge on any atom is 0.433 e. The Balaban J connectivity index is 1.75. The van der Waals surface area contributed by atoms with Crippen LogP contribution >= 0.6 is 0 Å². The first-order valence-corrected chi connectivity index (χ1v) is 6.49. The third-order valence-corrected chi connectivity index (χ3v) is 2.91. The second-order valence-electron chi connectivity index (χ2n) is 4.63. The lowest BCUT2D eigenvalue weighted by molar-refractivity contribution is -0.402. The molecule has 9 nitrogen and oxygen atoms in total. The van der Waals surface area contributed by atoms with Gasteiger partial charge in [0.15, 0.2) is 5.76 Å². The molecule has 23 heavy (non-hydrogen) atoms. The van der Waals surface area contributed by atoms with Crippen LogP contribution in [-0.2, 0) is 0 Å². The number of nitrogens with one attached hydrogen (secondary N) is 1. The standard InChI is InChI=1S/C14H10N4O5/c1-8-3-2-4-9(7-8)13-16-17-14(23-13)15-12(19)10-5-6-11(22-10)18(20)21/h2-7H,1H3,(H,15,17,19). The van der Waals surface area contributed by atoms with E-state index in [4.69, 9.17) is 8.83 Å². The quantitative estimate of drug-likeness (QED) is 0.579. The van der Waals surface area contributed by atoms with Gasteiger partial charge in [-0.25, -0.2) is 0 Å². The first-order valence-electron chi connectivity index (χ1n) is 6.49. The summed E-state index contributed by atoms with van der Waals surface area (Å²) in [5, 5.41) is 20.4. The topological polar surface area (TPSA) is 124 Å². The number of hydrogen-bond acceptors (Lipinski definition) is 7. The van der Waals surface area contributed by atoms with E-state index >= 15 is 0 Å². The molecular weight excluding hydrogens is 304 g/mol. The summed E-state index contributed by atoms with van der Waals surface area (Å²) in [5.41, 5.74) is 1.74. The van der Waals surface area contributed by atoms with Crippen molar-refractivity contribution in [1.82, 2.24) is 10.2 Å². The molecule has 0 saturated heterocycles. The highest BCUT2D eigenvalue weighted by Gasteiger charge is 2.19. The first kappa shape index (κ1) is 14.4. The zero-order chi connectivity index (χ0) is 16.4. The summed E-state index contributed by atoms with van der Waals surface area (Å²) in [7, 11) is 0. The monoisotopic (exact) mass is 314 g/mol. The van der Waals surface area contributed by atoms with Crippen molar-refractivity contribution >= 4 is 17.8 Å². The Bertz CT molecular complexity index is 883. The van der Waals surface area contributed by atoms with Crippen molar-refractivity contribution in [3.63, 3.8) is 0 Å². The van der Waals surface area contributed by atoms with Crippen LogP contribution in [-0.4, -0.2) is 21.0 Å². The van der Waals surface area contributed by atoms with E-state index in [1.165, 1.54) is 6.07 Å². The maximum absolute atomic E-state index is 11.9. The fourth-order valence-electron chi connectivity index (χ4n) is 1.88. The van der Waals surface area contributed by atoms with Crippen molar-refractivity contribution in [3.8, 4) is 11.5 Å². The van der Waals surface area contributed by atoms with Crippen molar-refractivity contribution < 1.29 is 18.6 Å². The molecule has 9 heteroatoms. The number of aromatic nitrogens is 2. The van der Waals surface area contributed by atoms with Gasteiger partial charge in [-0.15, -0.1) is 5.10 Å². The normalized spacial score (nSPS) is 10.5. The highest BCUT2D eigenvalue weighted by molar-refractivity contribution is 6.01. The average Bonchev–Trinajstić information content (AvgIpc) is 3.16. The Morgan fingerprint density at radius 3 is 2.74 bits per heavy atom. The number of rotatable bonds is 4. The summed E-state index contributed by atoms with van der Waals surface area (Å²) in [5.74, 6) is -1.24. The van der Waals surface area contributed by atoms with Gasteiger partial charge >= 0.3 is 11.9 Å². The van der Waals surface area contributed by atoms with Crippen LogP contribution < -0.4 is 5.32 Å². The number of aryl methyl sites for hydroxylation is 1. The number of nitrogens with zero attached hydrogens (tertiary/aromatic N) is 3. The molecule has 0 radical (unpaired) electrons. The minimum absolute atomic E-state index is 0.134. The van der Waals surface area contributed by atoms with Crippen LogP contribution in [0.1, 0.15) is 16.1 Å². The molecule has 0 aliphatic rings. The Morgan fingerprint density at radius 2 is 2.04 bits per heavy atom. The number of furan rings is 1. The zero-order valence-electron chi connectivity index (χ0n) is 11.8. The number of amides is 1. The molecular formula is C14H10N4O5. The fourth-order valence-corrected chi connectivity index (χ4v) is 1.88. The maximum atomic E-state index is 11.9. The van der Waals surface area contributed by atoms with Gasteiger partial charge in [-0.3, -0.25) is 20.2 Å². The highest BCUT2D eigenvalue weighted by atomic mass is 16.6. The minimum Gasteiger partial charge on any atom is -0.403 e. The lowest BCUT2D eigenvalue weighted by Gasteiger charge is -1.97. The van der Waals surface area contributed by atoms with Gasteiger partial charge < -0.3 is 8.83 Å². The van der Waals surface area contributed by atoms with Gasteiger partial charge in [0.25, 0.3) is 5.91 Å².